The molecule has 0 atom stereocenters. The Morgan fingerprint density at radius 3 is 1.22 bits per heavy atom. The molecule has 0 fully saturated rings. The highest BCUT2D eigenvalue weighted by molar-refractivity contribution is 6.10. The normalized spacial score (nSPS) is 11.3. The van der Waals surface area contributed by atoms with Gasteiger partial charge in [0.25, 0.3) is 0 Å². The average molecular weight is 459 g/mol. The van der Waals surface area contributed by atoms with Crippen LogP contribution in [0.15, 0.2) is 109 Å². The van der Waals surface area contributed by atoms with Crippen molar-refractivity contribution in [1.82, 2.24) is 9.13 Å². The molecule has 5 aromatic carbocycles. The highest BCUT2D eigenvalue weighted by atomic mass is 15.0. The van der Waals surface area contributed by atoms with Gasteiger partial charge in [0, 0.05) is 32.9 Å². The number of nitrogens with zero attached hydrogens (tertiary/aromatic N) is 4. The van der Waals surface area contributed by atoms with E-state index in [0.717, 1.165) is 55.0 Å². The van der Waals surface area contributed by atoms with Crippen LogP contribution in [0.1, 0.15) is 11.1 Å². The van der Waals surface area contributed by atoms with E-state index >= 15 is 0 Å². The molecule has 0 aliphatic carbocycles. The fourth-order valence-electron chi connectivity index (χ4n) is 5.39. The van der Waals surface area contributed by atoms with Gasteiger partial charge in [-0.25, -0.2) is 0 Å². The van der Waals surface area contributed by atoms with Gasteiger partial charge in [0.1, 0.15) is 0 Å². The number of rotatable bonds is 2. The molecule has 0 aliphatic rings. The Labute approximate surface area is 207 Å². The fraction of sp³-hybridized carbons (Fsp3) is 0. The average Bonchev–Trinajstić information content (AvgIpc) is 3.45. The van der Waals surface area contributed by atoms with Gasteiger partial charge in [-0.3, -0.25) is 0 Å². The van der Waals surface area contributed by atoms with Gasteiger partial charge in [-0.1, -0.05) is 36.4 Å². The van der Waals surface area contributed by atoms with Gasteiger partial charge in [0.05, 0.1) is 45.3 Å². The number of aromatic nitrogens is 2. The summed E-state index contributed by atoms with van der Waals surface area (Å²) in [5, 5.41) is 23.2. The molecule has 2 aromatic heterocycles. The zero-order valence-corrected chi connectivity index (χ0v) is 19.2. The maximum Gasteiger partial charge on any atom is 0.0991 e. The summed E-state index contributed by atoms with van der Waals surface area (Å²) < 4.78 is 4.50. The zero-order chi connectivity index (χ0) is 24.2. The molecule has 0 N–H and O–H groups in total. The Morgan fingerprint density at radius 2 is 0.806 bits per heavy atom. The van der Waals surface area contributed by atoms with Crippen LogP contribution in [-0.2, 0) is 0 Å². The molecular formula is C32H18N4. The Bertz CT molecular complexity index is 1910. The molecule has 0 aliphatic heterocycles. The van der Waals surface area contributed by atoms with Crippen LogP contribution in [0.4, 0.5) is 0 Å². The second-order valence-electron chi connectivity index (χ2n) is 8.91. The van der Waals surface area contributed by atoms with Crippen LogP contribution < -0.4 is 0 Å². The second-order valence-corrected chi connectivity index (χ2v) is 8.91. The summed E-state index contributed by atoms with van der Waals surface area (Å²) in [6.45, 7) is 0. The minimum atomic E-state index is 0.659. The minimum absolute atomic E-state index is 0.659. The second kappa shape index (κ2) is 7.60. The summed E-state index contributed by atoms with van der Waals surface area (Å²) in [6.07, 6.45) is 0. The molecule has 4 nitrogen and oxygen atoms in total. The number of benzene rings is 5. The van der Waals surface area contributed by atoms with Crippen LogP contribution in [0.3, 0.4) is 0 Å². The van der Waals surface area contributed by atoms with Gasteiger partial charge in [0.2, 0.25) is 0 Å². The summed E-state index contributed by atoms with van der Waals surface area (Å²) in [7, 11) is 0. The smallest absolute Gasteiger partial charge is 0.0991 e. The van der Waals surface area contributed by atoms with E-state index in [1.54, 1.807) is 0 Å². The molecule has 0 saturated carbocycles. The number of hydrogen-bond acceptors (Lipinski definition) is 2. The van der Waals surface area contributed by atoms with Gasteiger partial charge in [-0.05, 0) is 72.8 Å². The maximum absolute atomic E-state index is 9.42. The minimum Gasteiger partial charge on any atom is -0.309 e. The van der Waals surface area contributed by atoms with Crippen molar-refractivity contribution in [1.29, 1.82) is 10.5 Å². The first-order valence-electron chi connectivity index (χ1n) is 11.7. The van der Waals surface area contributed by atoms with Gasteiger partial charge in [0.15, 0.2) is 0 Å². The van der Waals surface area contributed by atoms with E-state index < -0.39 is 0 Å². The third-order valence-electron chi connectivity index (χ3n) is 6.97. The molecule has 0 spiro atoms. The van der Waals surface area contributed by atoms with E-state index in [9.17, 15) is 10.5 Å². The number of fused-ring (bicyclic) bond motifs is 6. The Hall–Kier alpha value is -5.32. The van der Waals surface area contributed by atoms with Crippen molar-refractivity contribution in [2.24, 2.45) is 0 Å². The van der Waals surface area contributed by atoms with Gasteiger partial charge >= 0.3 is 0 Å². The molecular weight excluding hydrogens is 440 g/mol. The molecule has 7 rings (SSSR count). The Kier molecular flexibility index (Phi) is 4.24. The Morgan fingerprint density at radius 1 is 0.417 bits per heavy atom. The Balaban J connectivity index is 1.45. The van der Waals surface area contributed by atoms with E-state index in [-0.39, 0.29) is 0 Å². The lowest BCUT2D eigenvalue weighted by atomic mass is 10.1. The molecule has 0 amide bonds. The van der Waals surface area contributed by atoms with Crippen LogP contribution in [0.25, 0.3) is 55.0 Å². The molecule has 36 heavy (non-hydrogen) atoms. The fourth-order valence-corrected chi connectivity index (χ4v) is 5.39. The van der Waals surface area contributed by atoms with Gasteiger partial charge in [-0.2, -0.15) is 10.5 Å². The third kappa shape index (κ3) is 2.79. The predicted octanol–water partition coefficient (Wildman–Crippen LogP) is 7.62. The zero-order valence-electron chi connectivity index (χ0n) is 19.2. The van der Waals surface area contributed by atoms with E-state index in [1.807, 2.05) is 60.7 Å². The first kappa shape index (κ1) is 20.1. The molecule has 166 valence electrons. The van der Waals surface area contributed by atoms with Crippen LogP contribution in [-0.4, -0.2) is 9.13 Å². The molecule has 2 heterocycles. The van der Waals surface area contributed by atoms with Gasteiger partial charge < -0.3 is 9.13 Å². The number of para-hydroxylation sites is 2. The van der Waals surface area contributed by atoms with Crippen LogP contribution >= 0.6 is 0 Å². The maximum atomic E-state index is 9.42. The number of hydrogen-bond donors (Lipinski definition) is 0. The predicted molar refractivity (Wildman–Crippen MR) is 145 cm³/mol. The summed E-state index contributed by atoms with van der Waals surface area (Å²) in [5.41, 5.74) is 7.79. The van der Waals surface area contributed by atoms with E-state index in [1.165, 1.54) is 0 Å². The van der Waals surface area contributed by atoms with Gasteiger partial charge in [-0.15, -0.1) is 0 Å². The van der Waals surface area contributed by atoms with E-state index in [2.05, 4.69) is 69.8 Å². The lowest BCUT2D eigenvalue weighted by molar-refractivity contribution is 1.14. The summed E-state index contributed by atoms with van der Waals surface area (Å²) in [4.78, 5) is 0. The van der Waals surface area contributed by atoms with Crippen molar-refractivity contribution in [3.63, 3.8) is 0 Å². The molecule has 0 bridgehead atoms. The number of nitriles is 2. The molecule has 0 unspecified atom stereocenters. The first-order chi connectivity index (χ1) is 17.8. The summed E-state index contributed by atoms with van der Waals surface area (Å²) in [5.74, 6) is 0. The van der Waals surface area contributed by atoms with Crippen LogP contribution in [0, 0.1) is 22.7 Å². The SMILES string of the molecule is N#Cc1ccc2c(c1)c1ccccc1n2-c1ccc(-n2c3ccccc3c3cc(C#N)ccc32)cc1. The van der Waals surface area contributed by atoms with E-state index in [4.69, 9.17) is 0 Å². The molecule has 4 heteroatoms. The van der Waals surface area contributed by atoms with E-state index in [0.29, 0.717) is 11.1 Å². The molecule has 7 aromatic rings. The lowest BCUT2D eigenvalue weighted by Gasteiger charge is -2.11. The van der Waals surface area contributed by atoms with Crippen molar-refractivity contribution in [3.8, 4) is 23.5 Å². The van der Waals surface area contributed by atoms with Crippen molar-refractivity contribution in [2.45, 2.75) is 0 Å². The highest BCUT2D eigenvalue weighted by Gasteiger charge is 2.15. The quantitative estimate of drug-likeness (QED) is 0.267. The first-order valence-corrected chi connectivity index (χ1v) is 11.7. The highest BCUT2D eigenvalue weighted by Crippen LogP contribution is 2.35. The lowest BCUT2D eigenvalue weighted by Crippen LogP contribution is -1.97. The van der Waals surface area contributed by atoms with Crippen molar-refractivity contribution < 1.29 is 0 Å². The summed E-state index contributed by atoms with van der Waals surface area (Å²) in [6, 6.07) is 41.5. The summed E-state index contributed by atoms with van der Waals surface area (Å²) >= 11 is 0. The van der Waals surface area contributed by atoms with Crippen molar-refractivity contribution in [2.75, 3.05) is 0 Å². The largest absolute Gasteiger partial charge is 0.309 e. The third-order valence-corrected chi connectivity index (χ3v) is 6.97. The standard InChI is InChI=1S/C32H18N4/c33-19-21-9-15-31-27(17-21)25-5-1-3-7-29(25)35(31)23-11-13-24(14-12-23)36-30-8-4-2-6-26(30)28-18-22(20-34)10-16-32(28)36/h1-18H. The van der Waals surface area contributed by atoms with Crippen molar-refractivity contribution in [3.05, 3.63) is 120 Å². The van der Waals surface area contributed by atoms with Crippen LogP contribution in [0.2, 0.25) is 0 Å². The topological polar surface area (TPSA) is 57.4 Å². The van der Waals surface area contributed by atoms with Crippen LogP contribution in [0.5, 0.6) is 0 Å². The van der Waals surface area contributed by atoms with Crippen molar-refractivity contribution >= 4 is 43.6 Å². The monoisotopic (exact) mass is 458 g/mol. The molecule has 0 saturated heterocycles. The molecule has 0 radical (unpaired) electrons.